The summed E-state index contributed by atoms with van der Waals surface area (Å²) in [5, 5.41) is 5.79. The molecule has 6 N–H and O–H groups in total. The molecule has 0 saturated heterocycles. The molecule has 0 saturated carbocycles. The van der Waals surface area contributed by atoms with Crippen molar-refractivity contribution in [1.29, 1.82) is 0 Å². The van der Waals surface area contributed by atoms with Gasteiger partial charge in [-0.25, -0.2) is 11.7 Å². The van der Waals surface area contributed by atoms with Gasteiger partial charge < -0.3 is 5.73 Å². The molecule has 0 radical (unpaired) electrons. The van der Waals surface area contributed by atoms with E-state index in [-0.39, 0.29) is 0 Å². The van der Waals surface area contributed by atoms with Crippen molar-refractivity contribution in [3.8, 4) is 0 Å². The lowest BCUT2D eigenvalue weighted by molar-refractivity contribution is 0.0172. The molecule has 0 spiro atoms. The van der Waals surface area contributed by atoms with Gasteiger partial charge in [-0.3, -0.25) is 0 Å². The van der Waals surface area contributed by atoms with Crippen LogP contribution in [0.5, 0.6) is 0 Å². The molecule has 56 valence electrons. The van der Waals surface area contributed by atoms with E-state index in [4.69, 9.17) is 17.4 Å². The van der Waals surface area contributed by atoms with E-state index in [1.807, 2.05) is 22.6 Å². The van der Waals surface area contributed by atoms with Crippen molar-refractivity contribution in [2.24, 2.45) is 22.5 Å². The van der Waals surface area contributed by atoms with Crippen LogP contribution in [0.4, 0.5) is 0 Å². The second kappa shape index (κ2) is 2.60. The number of allylic oxidation sites excluding steroid dienone is 1. The van der Waals surface area contributed by atoms with Gasteiger partial charge >= 0.3 is 0 Å². The van der Waals surface area contributed by atoms with Gasteiger partial charge in [-0.1, -0.05) is 0 Å². The molecule has 0 amide bonds. The van der Waals surface area contributed by atoms with Crippen LogP contribution in [0.15, 0.2) is 14.5 Å². The van der Waals surface area contributed by atoms with Gasteiger partial charge in [0.25, 0.3) is 0 Å². The maximum absolute atomic E-state index is 5.45. The van der Waals surface area contributed by atoms with Crippen molar-refractivity contribution in [3.05, 3.63) is 9.40 Å². The van der Waals surface area contributed by atoms with Crippen LogP contribution in [0, 0.1) is 0 Å². The van der Waals surface area contributed by atoms with Crippen molar-refractivity contribution < 1.29 is 0 Å². The average Bonchev–Trinajstić information content (AvgIpc) is 1.93. The topological polar surface area (TPSA) is 96.9 Å². The summed E-state index contributed by atoms with van der Waals surface area (Å²) in [6, 6.07) is 0. The Bertz CT molecular complexity index is 197. The molecule has 1 aliphatic rings. The van der Waals surface area contributed by atoms with Gasteiger partial charge in [-0.2, -0.15) is 5.12 Å². The third-order valence-corrected chi connectivity index (χ3v) is 2.09. The summed E-state index contributed by atoms with van der Waals surface area (Å²) < 4.78 is 0.648. The zero-order valence-corrected chi connectivity index (χ0v) is 7.19. The number of nitrogens with two attached hydrogens (primary N) is 3. The number of hydrazine groups is 3. The van der Waals surface area contributed by atoms with Crippen molar-refractivity contribution in [3.63, 3.8) is 0 Å². The molecule has 0 aromatic heterocycles. The maximum atomic E-state index is 5.45. The predicted octanol–water partition coefficient (Wildman–Crippen LogP) is -1.18. The van der Waals surface area contributed by atoms with Gasteiger partial charge in [0.2, 0.25) is 0 Å². The first-order valence-electron chi connectivity index (χ1n) is 2.41. The molecular weight excluding hydrogens is 247 g/mol. The second-order valence-corrected chi connectivity index (χ2v) is 2.68. The Balaban J connectivity index is 2.88. The monoisotopic (exact) mass is 254 g/mol. The van der Waals surface area contributed by atoms with Crippen LogP contribution >= 0.6 is 22.6 Å². The van der Waals surface area contributed by atoms with E-state index in [1.54, 1.807) is 0 Å². The SMILES string of the molecule is NC1=C(I)N(N)N(N)N=C1. The number of hydrogen-bond donors (Lipinski definition) is 3. The Hall–Kier alpha value is -0.540. The van der Waals surface area contributed by atoms with Crippen LogP contribution < -0.4 is 17.4 Å². The maximum Gasteiger partial charge on any atom is 0.141 e. The molecule has 1 aliphatic heterocycles. The van der Waals surface area contributed by atoms with E-state index in [0.717, 1.165) is 10.3 Å². The van der Waals surface area contributed by atoms with E-state index in [9.17, 15) is 0 Å². The Kier molecular flexibility index (Phi) is 1.97. The van der Waals surface area contributed by atoms with Crippen LogP contribution in [-0.4, -0.2) is 16.6 Å². The third-order valence-electron chi connectivity index (χ3n) is 0.975. The molecule has 10 heavy (non-hydrogen) atoms. The molecule has 0 bridgehead atoms. The minimum Gasteiger partial charge on any atom is -0.395 e. The summed E-state index contributed by atoms with van der Waals surface area (Å²) >= 11 is 1.97. The minimum absolute atomic E-state index is 0.504. The first-order chi connectivity index (χ1) is 4.63. The van der Waals surface area contributed by atoms with Crippen LogP contribution in [0.3, 0.4) is 0 Å². The molecule has 7 heteroatoms. The molecule has 0 fully saturated rings. The highest BCUT2D eigenvalue weighted by Crippen LogP contribution is 2.14. The van der Waals surface area contributed by atoms with Crippen molar-refractivity contribution >= 4 is 28.8 Å². The minimum atomic E-state index is 0.504. The summed E-state index contributed by atoms with van der Waals surface area (Å²) in [7, 11) is 0. The van der Waals surface area contributed by atoms with Gasteiger partial charge in [-0.15, -0.1) is 10.3 Å². The molecule has 1 rings (SSSR count). The van der Waals surface area contributed by atoms with Crippen LogP contribution in [0.1, 0.15) is 0 Å². The highest BCUT2D eigenvalue weighted by atomic mass is 127. The number of nitrogens with zero attached hydrogens (tertiary/aromatic N) is 3. The summed E-state index contributed by atoms with van der Waals surface area (Å²) in [6.45, 7) is 0. The molecule has 6 nitrogen and oxygen atoms in total. The fourth-order valence-corrected chi connectivity index (χ4v) is 0.813. The predicted molar refractivity (Wildman–Crippen MR) is 45.8 cm³/mol. The quantitative estimate of drug-likeness (QED) is 0.287. The van der Waals surface area contributed by atoms with Crippen molar-refractivity contribution in [2.75, 3.05) is 0 Å². The number of hydrogen-bond acceptors (Lipinski definition) is 6. The van der Waals surface area contributed by atoms with E-state index < -0.39 is 0 Å². The highest BCUT2D eigenvalue weighted by molar-refractivity contribution is 14.1. The number of halogens is 1. The average molecular weight is 254 g/mol. The van der Waals surface area contributed by atoms with Crippen LogP contribution in [0.25, 0.3) is 0 Å². The van der Waals surface area contributed by atoms with Crippen molar-refractivity contribution in [2.45, 2.75) is 0 Å². The molecule has 0 aliphatic carbocycles. The zero-order valence-electron chi connectivity index (χ0n) is 5.03. The number of rotatable bonds is 0. The summed E-state index contributed by atoms with van der Waals surface area (Å²) in [6.07, 6.45) is 1.44. The molecule has 0 aromatic carbocycles. The van der Waals surface area contributed by atoms with E-state index in [1.165, 1.54) is 6.21 Å². The van der Waals surface area contributed by atoms with E-state index in [2.05, 4.69) is 5.10 Å². The lowest BCUT2D eigenvalue weighted by Gasteiger charge is -2.27. The zero-order chi connectivity index (χ0) is 7.72. The second-order valence-electron chi connectivity index (χ2n) is 1.66. The lowest BCUT2D eigenvalue weighted by atomic mass is 10.5. The molecule has 0 unspecified atom stereocenters. The molecular formula is C3H7IN6. The van der Waals surface area contributed by atoms with Gasteiger partial charge in [0, 0.05) is 0 Å². The third kappa shape index (κ3) is 1.15. The smallest absolute Gasteiger partial charge is 0.141 e. The Morgan fingerprint density at radius 1 is 1.50 bits per heavy atom. The van der Waals surface area contributed by atoms with Crippen LogP contribution in [-0.2, 0) is 0 Å². The van der Waals surface area contributed by atoms with Crippen molar-refractivity contribution in [1.82, 2.24) is 10.3 Å². The molecule has 0 atom stereocenters. The molecule has 0 aromatic rings. The summed E-state index contributed by atoms with van der Waals surface area (Å²) in [5.41, 5.74) is 5.95. The first-order valence-corrected chi connectivity index (χ1v) is 3.49. The van der Waals surface area contributed by atoms with Gasteiger partial charge in [0.05, 0.1) is 11.9 Å². The normalized spacial score (nSPS) is 18.7. The van der Waals surface area contributed by atoms with Gasteiger partial charge in [-0.05, 0) is 22.6 Å². The fourth-order valence-electron chi connectivity index (χ4n) is 0.452. The van der Waals surface area contributed by atoms with E-state index in [0.29, 0.717) is 9.40 Å². The van der Waals surface area contributed by atoms with Crippen LogP contribution in [0.2, 0.25) is 0 Å². The summed E-state index contributed by atoms with van der Waals surface area (Å²) in [5.74, 6) is 10.7. The highest BCUT2D eigenvalue weighted by Gasteiger charge is 2.13. The lowest BCUT2D eigenvalue weighted by Crippen LogP contribution is -2.49. The molecule has 1 heterocycles. The first kappa shape index (κ1) is 7.57. The van der Waals surface area contributed by atoms with Gasteiger partial charge in [0.1, 0.15) is 3.70 Å². The Labute approximate surface area is 71.4 Å². The Morgan fingerprint density at radius 3 is 2.60 bits per heavy atom. The van der Waals surface area contributed by atoms with E-state index >= 15 is 0 Å². The fraction of sp³-hybridized carbons (Fsp3) is 0. The largest absolute Gasteiger partial charge is 0.395 e. The summed E-state index contributed by atoms with van der Waals surface area (Å²) in [4.78, 5) is 0. The number of hydrazone groups is 1. The Morgan fingerprint density at radius 2 is 2.10 bits per heavy atom. The van der Waals surface area contributed by atoms with Gasteiger partial charge in [0.15, 0.2) is 0 Å². The standard InChI is InChI=1S/C3H7IN6/c4-3-2(5)1-8-10(7)9(3)6/h1H,5-7H2.